The molecule has 2 aromatic rings. The minimum absolute atomic E-state index is 0.0408. The second-order valence-corrected chi connectivity index (χ2v) is 5.56. The van der Waals surface area contributed by atoms with E-state index in [0.717, 1.165) is 5.56 Å². The predicted octanol–water partition coefficient (Wildman–Crippen LogP) is 3.67. The maximum absolute atomic E-state index is 12.7. The van der Waals surface area contributed by atoms with E-state index in [1.165, 1.54) is 0 Å². The fourth-order valence-electron chi connectivity index (χ4n) is 2.64. The van der Waals surface area contributed by atoms with E-state index in [1.807, 2.05) is 73.3 Å². The van der Waals surface area contributed by atoms with Crippen LogP contribution in [0.4, 0.5) is 0 Å². The highest BCUT2D eigenvalue weighted by molar-refractivity contribution is 5.97. The standard InChI is InChI=1S/C18H19NO2/c1-13(2)19-12-17(14-8-4-3-5-9-14)21-16-11-7-6-10-15(16)18(19)20/h3-11,13,17H,12H2,1-2H3/t17-/m1/s1. The first-order chi connectivity index (χ1) is 10.2. The van der Waals surface area contributed by atoms with Gasteiger partial charge in [-0.3, -0.25) is 4.79 Å². The summed E-state index contributed by atoms with van der Waals surface area (Å²) in [7, 11) is 0. The molecule has 0 unspecified atom stereocenters. The maximum Gasteiger partial charge on any atom is 0.257 e. The number of benzene rings is 2. The average Bonchev–Trinajstić information content (AvgIpc) is 2.66. The third-order valence-corrected chi connectivity index (χ3v) is 3.80. The van der Waals surface area contributed by atoms with Crippen molar-refractivity contribution in [3.05, 3.63) is 65.7 Å². The average molecular weight is 281 g/mol. The van der Waals surface area contributed by atoms with Crippen LogP contribution < -0.4 is 4.74 Å². The number of carbonyl (C=O) groups is 1. The Hall–Kier alpha value is -2.29. The second-order valence-electron chi connectivity index (χ2n) is 5.56. The van der Waals surface area contributed by atoms with Gasteiger partial charge in [-0.25, -0.2) is 0 Å². The van der Waals surface area contributed by atoms with Gasteiger partial charge in [0.1, 0.15) is 11.9 Å². The zero-order valence-corrected chi connectivity index (χ0v) is 12.3. The molecule has 0 radical (unpaired) electrons. The minimum Gasteiger partial charge on any atom is -0.483 e. The van der Waals surface area contributed by atoms with Crippen LogP contribution in [0.1, 0.15) is 35.9 Å². The van der Waals surface area contributed by atoms with E-state index in [0.29, 0.717) is 17.9 Å². The Morgan fingerprint density at radius 1 is 1.05 bits per heavy atom. The summed E-state index contributed by atoms with van der Waals surface area (Å²) in [4.78, 5) is 14.6. The largest absolute Gasteiger partial charge is 0.483 e. The lowest BCUT2D eigenvalue weighted by Crippen LogP contribution is -2.39. The number of rotatable bonds is 2. The molecule has 3 nitrogen and oxygen atoms in total. The normalized spacial score (nSPS) is 18.1. The van der Waals surface area contributed by atoms with Crippen LogP contribution in [-0.4, -0.2) is 23.4 Å². The number of nitrogens with zero attached hydrogens (tertiary/aromatic N) is 1. The molecule has 0 spiro atoms. The van der Waals surface area contributed by atoms with Gasteiger partial charge in [0.2, 0.25) is 0 Å². The van der Waals surface area contributed by atoms with Gasteiger partial charge in [0.15, 0.2) is 0 Å². The number of hydrogen-bond donors (Lipinski definition) is 0. The number of para-hydroxylation sites is 1. The molecule has 1 aliphatic heterocycles. The number of carbonyl (C=O) groups excluding carboxylic acids is 1. The Labute approximate surface area is 125 Å². The second kappa shape index (κ2) is 5.60. The highest BCUT2D eigenvalue weighted by Crippen LogP contribution is 2.31. The first-order valence-corrected chi connectivity index (χ1v) is 7.28. The van der Waals surface area contributed by atoms with E-state index in [1.54, 1.807) is 0 Å². The summed E-state index contributed by atoms with van der Waals surface area (Å²) in [6.45, 7) is 4.64. The van der Waals surface area contributed by atoms with Crippen LogP contribution >= 0.6 is 0 Å². The topological polar surface area (TPSA) is 29.5 Å². The summed E-state index contributed by atoms with van der Waals surface area (Å²) in [6, 6.07) is 17.7. The van der Waals surface area contributed by atoms with Crippen molar-refractivity contribution < 1.29 is 9.53 Å². The smallest absolute Gasteiger partial charge is 0.257 e. The zero-order valence-electron chi connectivity index (χ0n) is 12.3. The first-order valence-electron chi connectivity index (χ1n) is 7.28. The number of fused-ring (bicyclic) bond motifs is 1. The molecule has 0 aliphatic carbocycles. The third kappa shape index (κ3) is 2.64. The van der Waals surface area contributed by atoms with Crippen molar-refractivity contribution in [3.8, 4) is 5.75 Å². The molecule has 1 atom stereocenters. The van der Waals surface area contributed by atoms with Gasteiger partial charge in [-0.15, -0.1) is 0 Å². The van der Waals surface area contributed by atoms with Gasteiger partial charge in [-0.2, -0.15) is 0 Å². The molecule has 0 aromatic heterocycles. The molecular weight excluding hydrogens is 262 g/mol. The van der Waals surface area contributed by atoms with E-state index in [2.05, 4.69) is 0 Å². The SMILES string of the molecule is CC(C)N1C[C@H](c2ccccc2)Oc2ccccc2C1=O. The molecule has 108 valence electrons. The zero-order chi connectivity index (χ0) is 14.8. The Balaban J connectivity index is 2.04. The Morgan fingerprint density at radius 3 is 2.43 bits per heavy atom. The molecule has 2 aromatic carbocycles. The van der Waals surface area contributed by atoms with Gasteiger partial charge in [0, 0.05) is 6.04 Å². The lowest BCUT2D eigenvalue weighted by Gasteiger charge is -2.27. The molecule has 0 saturated heterocycles. The molecule has 1 amide bonds. The summed E-state index contributed by atoms with van der Waals surface area (Å²) in [6.07, 6.45) is -0.138. The van der Waals surface area contributed by atoms with Crippen LogP contribution in [0.2, 0.25) is 0 Å². The fraction of sp³-hybridized carbons (Fsp3) is 0.278. The van der Waals surface area contributed by atoms with Crippen molar-refractivity contribution in [2.45, 2.75) is 26.0 Å². The van der Waals surface area contributed by atoms with Crippen molar-refractivity contribution in [2.75, 3.05) is 6.54 Å². The number of hydrogen-bond acceptors (Lipinski definition) is 2. The monoisotopic (exact) mass is 281 g/mol. The third-order valence-electron chi connectivity index (χ3n) is 3.80. The Morgan fingerprint density at radius 2 is 1.71 bits per heavy atom. The van der Waals surface area contributed by atoms with Gasteiger partial charge in [-0.05, 0) is 31.5 Å². The number of ether oxygens (including phenoxy) is 1. The van der Waals surface area contributed by atoms with Gasteiger partial charge in [-0.1, -0.05) is 42.5 Å². The Bertz CT molecular complexity index is 637. The highest BCUT2D eigenvalue weighted by atomic mass is 16.5. The van der Waals surface area contributed by atoms with Crippen molar-refractivity contribution in [2.24, 2.45) is 0 Å². The molecule has 3 heteroatoms. The molecule has 0 fully saturated rings. The van der Waals surface area contributed by atoms with E-state index in [9.17, 15) is 4.79 Å². The van der Waals surface area contributed by atoms with Crippen molar-refractivity contribution in [3.63, 3.8) is 0 Å². The van der Waals surface area contributed by atoms with Crippen LogP contribution in [0.25, 0.3) is 0 Å². The predicted molar refractivity (Wildman–Crippen MR) is 82.4 cm³/mol. The fourth-order valence-corrected chi connectivity index (χ4v) is 2.64. The molecule has 0 N–H and O–H groups in total. The molecule has 1 aliphatic rings. The first kappa shape index (κ1) is 13.7. The van der Waals surface area contributed by atoms with Crippen molar-refractivity contribution in [1.29, 1.82) is 0 Å². The molecule has 3 rings (SSSR count). The lowest BCUT2D eigenvalue weighted by atomic mass is 10.1. The van der Waals surface area contributed by atoms with Gasteiger partial charge >= 0.3 is 0 Å². The highest BCUT2D eigenvalue weighted by Gasteiger charge is 2.30. The van der Waals surface area contributed by atoms with Gasteiger partial charge in [0.25, 0.3) is 5.91 Å². The van der Waals surface area contributed by atoms with Crippen LogP contribution in [0.3, 0.4) is 0 Å². The quantitative estimate of drug-likeness (QED) is 0.840. The summed E-state index contributed by atoms with van der Waals surface area (Å²) in [5, 5.41) is 0. The lowest BCUT2D eigenvalue weighted by molar-refractivity contribution is 0.0647. The number of amides is 1. The van der Waals surface area contributed by atoms with E-state index in [-0.39, 0.29) is 18.1 Å². The summed E-state index contributed by atoms with van der Waals surface area (Å²) >= 11 is 0. The van der Waals surface area contributed by atoms with Crippen LogP contribution in [-0.2, 0) is 0 Å². The van der Waals surface area contributed by atoms with Crippen molar-refractivity contribution >= 4 is 5.91 Å². The molecule has 0 bridgehead atoms. The van der Waals surface area contributed by atoms with Crippen molar-refractivity contribution in [1.82, 2.24) is 4.90 Å². The minimum atomic E-state index is -0.138. The van der Waals surface area contributed by atoms with Gasteiger partial charge < -0.3 is 9.64 Å². The molecule has 0 saturated carbocycles. The van der Waals surface area contributed by atoms with E-state index >= 15 is 0 Å². The van der Waals surface area contributed by atoms with E-state index < -0.39 is 0 Å². The summed E-state index contributed by atoms with van der Waals surface area (Å²) in [5.41, 5.74) is 1.73. The van der Waals surface area contributed by atoms with E-state index in [4.69, 9.17) is 4.74 Å². The Kier molecular flexibility index (Phi) is 3.65. The maximum atomic E-state index is 12.7. The summed E-state index contributed by atoms with van der Waals surface area (Å²) in [5.74, 6) is 0.707. The molecule has 21 heavy (non-hydrogen) atoms. The van der Waals surface area contributed by atoms with Crippen LogP contribution in [0.15, 0.2) is 54.6 Å². The van der Waals surface area contributed by atoms with Gasteiger partial charge in [0.05, 0.1) is 12.1 Å². The van der Waals surface area contributed by atoms with Crippen LogP contribution in [0, 0.1) is 0 Å². The molecule has 1 heterocycles. The summed E-state index contributed by atoms with van der Waals surface area (Å²) < 4.78 is 6.13. The van der Waals surface area contributed by atoms with Crippen LogP contribution in [0.5, 0.6) is 5.75 Å². The molecular formula is C18H19NO2.